The van der Waals surface area contributed by atoms with E-state index in [4.69, 9.17) is 4.74 Å². The van der Waals surface area contributed by atoms with Gasteiger partial charge in [-0.15, -0.1) is 0 Å². The molecule has 1 unspecified atom stereocenters. The molecule has 0 saturated heterocycles. The van der Waals surface area contributed by atoms with Crippen LogP contribution in [0.4, 0.5) is 18.9 Å². The number of anilines is 1. The lowest BCUT2D eigenvalue weighted by Crippen LogP contribution is -2.36. The van der Waals surface area contributed by atoms with Crippen LogP contribution < -0.4 is 10.1 Å². The van der Waals surface area contributed by atoms with Crippen LogP contribution in [0, 0.1) is 0 Å². The summed E-state index contributed by atoms with van der Waals surface area (Å²) in [7, 11) is 0. The molecule has 1 amide bonds. The van der Waals surface area contributed by atoms with Crippen molar-refractivity contribution in [2.75, 3.05) is 5.32 Å². The SMILES string of the molecule is CCC1Oc2ccc(C(F)(F)F)cc2NC1=O. The van der Waals surface area contributed by atoms with E-state index in [9.17, 15) is 18.0 Å². The first-order valence-electron chi connectivity index (χ1n) is 5.10. The first-order valence-corrected chi connectivity index (χ1v) is 5.10. The number of halogens is 3. The van der Waals surface area contributed by atoms with E-state index in [2.05, 4.69) is 5.32 Å². The van der Waals surface area contributed by atoms with Gasteiger partial charge in [0, 0.05) is 0 Å². The van der Waals surface area contributed by atoms with Gasteiger partial charge >= 0.3 is 6.18 Å². The molecule has 1 aliphatic rings. The first kappa shape index (κ1) is 11.8. The molecular weight excluding hydrogens is 235 g/mol. The van der Waals surface area contributed by atoms with Crippen molar-refractivity contribution < 1.29 is 22.7 Å². The highest BCUT2D eigenvalue weighted by Crippen LogP contribution is 2.37. The molecule has 1 heterocycles. The van der Waals surface area contributed by atoms with Crippen LogP contribution in [0.15, 0.2) is 18.2 Å². The normalized spacial score (nSPS) is 19.3. The number of rotatable bonds is 1. The molecule has 0 radical (unpaired) electrons. The second kappa shape index (κ2) is 3.94. The Morgan fingerprint density at radius 2 is 2.12 bits per heavy atom. The Kier molecular flexibility index (Phi) is 2.73. The van der Waals surface area contributed by atoms with E-state index in [1.165, 1.54) is 6.07 Å². The van der Waals surface area contributed by atoms with Crippen molar-refractivity contribution in [3.05, 3.63) is 23.8 Å². The summed E-state index contributed by atoms with van der Waals surface area (Å²) in [5, 5.41) is 2.41. The van der Waals surface area contributed by atoms with E-state index in [-0.39, 0.29) is 11.4 Å². The largest absolute Gasteiger partial charge is 0.478 e. The summed E-state index contributed by atoms with van der Waals surface area (Å²) in [6, 6.07) is 3.03. The number of ether oxygens (including phenoxy) is 1. The Morgan fingerprint density at radius 3 is 2.71 bits per heavy atom. The predicted molar refractivity (Wildman–Crippen MR) is 54.8 cm³/mol. The van der Waals surface area contributed by atoms with Crippen LogP contribution in [0.2, 0.25) is 0 Å². The van der Waals surface area contributed by atoms with Gasteiger partial charge in [-0.25, -0.2) is 0 Å². The molecule has 1 atom stereocenters. The van der Waals surface area contributed by atoms with Crippen molar-refractivity contribution in [3.63, 3.8) is 0 Å². The number of fused-ring (bicyclic) bond motifs is 1. The summed E-state index contributed by atoms with van der Waals surface area (Å²) < 4.78 is 42.6. The molecular formula is C11H10F3NO2. The standard InChI is InChI=1S/C11H10F3NO2/c1-2-8-10(16)15-7-5-6(11(12,13)14)3-4-9(7)17-8/h3-5,8H,2H2,1H3,(H,15,16). The van der Waals surface area contributed by atoms with Crippen LogP contribution in [0.1, 0.15) is 18.9 Å². The lowest BCUT2D eigenvalue weighted by atomic mass is 10.1. The zero-order valence-electron chi connectivity index (χ0n) is 8.97. The van der Waals surface area contributed by atoms with Gasteiger partial charge in [0.2, 0.25) is 0 Å². The maximum Gasteiger partial charge on any atom is 0.416 e. The molecule has 0 fully saturated rings. The Hall–Kier alpha value is -1.72. The minimum absolute atomic E-state index is 0.0644. The molecule has 1 aromatic carbocycles. The molecule has 0 saturated carbocycles. The van der Waals surface area contributed by atoms with Crippen molar-refractivity contribution in [2.45, 2.75) is 25.6 Å². The molecule has 17 heavy (non-hydrogen) atoms. The van der Waals surface area contributed by atoms with Crippen LogP contribution in [0.5, 0.6) is 5.75 Å². The van der Waals surface area contributed by atoms with Crippen molar-refractivity contribution in [1.82, 2.24) is 0 Å². The second-order valence-corrected chi connectivity index (χ2v) is 3.71. The van der Waals surface area contributed by atoms with Crippen LogP contribution >= 0.6 is 0 Å². The third kappa shape index (κ3) is 2.20. The number of nitrogens with one attached hydrogen (secondary N) is 1. The van der Waals surface area contributed by atoms with E-state index in [0.29, 0.717) is 6.42 Å². The summed E-state index contributed by atoms with van der Waals surface area (Å²) in [6.45, 7) is 1.76. The highest BCUT2D eigenvalue weighted by molar-refractivity contribution is 5.97. The smallest absolute Gasteiger partial charge is 0.416 e. The summed E-state index contributed by atoms with van der Waals surface area (Å²) >= 11 is 0. The summed E-state index contributed by atoms with van der Waals surface area (Å²) in [6.07, 6.45) is -4.60. The fourth-order valence-corrected chi connectivity index (χ4v) is 1.60. The van der Waals surface area contributed by atoms with Crippen LogP contribution in [-0.4, -0.2) is 12.0 Å². The zero-order valence-corrected chi connectivity index (χ0v) is 8.97. The van der Waals surface area contributed by atoms with Crippen LogP contribution in [-0.2, 0) is 11.0 Å². The fraction of sp³-hybridized carbons (Fsp3) is 0.364. The Bertz CT molecular complexity index is 457. The maximum absolute atomic E-state index is 12.4. The van der Waals surface area contributed by atoms with Gasteiger partial charge in [0.1, 0.15) is 5.75 Å². The molecule has 92 valence electrons. The predicted octanol–water partition coefficient (Wildman–Crippen LogP) is 2.81. The number of hydrogen-bond donors (Lipinski definition) is 1. The number of carbonyl (C=O) groups is 1. The molecule has 2 rings (SSSR count). The van der Waals surface area contributed by atoms with Gasteiger partial charge in [0.25, 0.3) is 5.91 Å². The van der Waals surface area contributed by atoms with Gasteiger partial charge in [-0.1, -0.05) is 6.92 Å². The first-order chi connectivity index (χ1) is 7.91. The minimum atomic E-state index is -4.43. The van der Waals surface area contributed by atoms with Gasteiger partial charge in [0.15, 0.2) is 6.10 Å². The third-order valence-corrected chi connectivity index (χ3v) is 2.50. The van der Waals surface area contributed by atoms with Crippen molar-refractivity contribution in [3.8, 4) is 5.75 Å². The van der Waals surface area contributed by atoms with Gasteiger partial charge in [-0.3, -0.25) is 4.79 Å². The van der Waals surface area contributed by atoms with E-state index in [0.717, 1.165) is 12.1 Å². The molecule has 0 bridgehead atoms. The number of amides is 1. The Morgan fingerprint density at radius 1 is 1.41 bits per heavy atom. The monoisotopic (exact) mass is 245 g/mol. The lowest BCUT2D eigenvalue weighted by molar-refractivity contribution is -0.137. The van der Waals surface area contributed by atoms with Crippen molar-refractivity contribution in [2.24, 2.45) is 0 Å². The van der Waals surface area contributed by atoms with Gasteiger partial charge in [-0.05, 0) is 24.6 Å². The van der Waals surface area contributed by atoms with E-state index < -0.39 is 23.8 Å². The number of benzene rings is 1. The molecule has 1 aromatic rings. The van der Waals surface area contributed by atoms with Crippen LogP contribution in [0.3, 0.4) is 0 Å². The van der Waals surface area contributed by atoms with Gasteiger partial charge < -0.3 is 10.1 Å². The Labute approximate surface area is 95.6 Å². The van der Waals surface area contributed by atoms with E-state index in [1.807, 2.05) is 0 Å². The molecule has 1 aliphatic heterocycles. The average molecular weight is 245 g/mol. The molecule has 1 N–H and O–H groups in total. The Balaban J connectivity index is 2.36. The minimum Gasteiger partial charge on any atom is -0.478 e. The topological polar surface area (TPSA) is 38.3 Å². The highest BCUT2D eigenvalue weighted by atomic mass is 19.4. The second-order valence-electron chi connectivity index (χ2n) is 3.71. The molecule has 0 aromatic heterocycles. The van der Waals surface area contributed by atoms with Crippen molar-refractivity contribution >= 4 is 11.6 Å². The summed E-state index contributed by atoms with van der Waals surface area (Å²) in [4.78, 5) is 11.4. The lowest BCUT2D eigenvalue weighted by Gasteiger charge is -2.25. The number of hydrogen-bond acceptors (Lipinski definition) is 2. The van der Waals surface area contributed by atoms with Gasteiger partial charge in [-0.2, -0.15) is 13.2 Å². The van der Waals surface area contributed by atoms with Crippen molar-refractivity contribution in [1.29, 1.82) is 0 Å². The third-order valence-electron chi connectivity index (χ3n) is 2.50. The zero-order chi connectivity index (χ0) is 12.6. The van der Waals surface area contributed by atoms with E-state index >= 15 is 0 Å². The highest BCUT2D eigenvalue weighted by Gasteiger charge is 2.33. The molecule has 0 spiro atoms. The molecule has 3 nitrogen and oxygen atoms in total. The molecule has 6 heteroatoms. The summed E-state index contributed by atoms with van der Waals surface area (Å²) in [5.41, 5.74) is -0.746. The molecule has 0 aliphatic carbocycles. The number of alkyl halides is 3. The fourth-order valence-electron chi connectivity index (χ4n) is 1.60. The average Bonchev–Trinajstić information content (AvgIpc) is 2.26. The maximum atomic E-state index is 12.4. The number of carbonyl (C=O) groups excluding carboxylic acids is 1. The summed E-state index contributed by atoms with van der Waals surface area (Å²) in [5.74, 6) is -0.149. The van der Waals surface area contributed by atoms with E-state index in [1.54, 1.807) is 6.92 Å². The van der Waals surface area contributed by atoms with Crippen LogP contribution in [0.25, 0.3) is 0 Å². The quantitative estimate of drug-likeness (QED) is 0.826. The van der Waals surface area contributed by atoms with Gasteiger partial charge in [0.05, 0.1) is 11.3 Å².